The van der Waals surface area contributed by atoms with Crippen LogP contribution >= 0.6 is 11.3 Å². The Hall–Kier alpha value is -1.14. The quantitative estimate of drug-likeness (QED) is 0.720. The first-order valence-electron chi connectivity index (χ1n) is 6.81. The molecule has 0 radical (unpaired) electrons. The smallest absolute Gasteiger partial charge is 0.315 e. The molecule has 2 amide bonds. The van der Waals surface area contributed by atoms with Crippen LogP contribution in [0.5, 0.6) is 0 Å². The van der Waals surface area contributed by atoms with E-state index < -0.39 is 0 Å². The maximum atomic E-state index is 11.7. The number of carbonyl (C=O) groups excluding carboxylic acids is 1. The van der Waals surface area contributed by atoms with Crippen molar-refractivity contribution in [2.75, 3.05) is 19.8 Å². The third kappa shape index (κ3) is 5.16. The summed E-state index contributed by atoms with van der Waals surface area (Å²) in [4.78, 5) is 15.9. The summed E-state index contributed by atoms with van der Waals surface area (Å²) in [6.07, 6.45) is 5.17. The Labute approximate surface area is 117 Å². The van der Waals surface area contributed by atoms with Crippen molar-refractivity contribution >= 4 is 17.4 Å². The summed E-state index contributed by atoms with van der Waals surface area (Å²) in [6, 6.07) is -0.163. The van der Waals surface area contributed by atoms with Gasteiger partial charge in [0.25, 0.3) is 0 Å². The van der Waals surface area contributed by atoms with Crippen molar-refractivity contribution < 1.29 is 9.53 Å². The average Bonchev–Trinajstić information content (AvgIpc) is 3.07. The van der Waals surface area contributed by atoms with Crippen molar-refractivity contribution in [3.8, 4) is 0 Å². The highest BCUT2D eigenvalue weighted by molar-refractivity contribution is 7.09. The lowest BCUT2D eigenvalue weighted by Gasteiger charge is -2.15. The van der Waals surface area contributed by atoms with Gasteiger partial charge >= 0.3 is 6.03 Å². The molecule has 1 aromatic rings. The van der Waals surface area contributed by atoms with Gasteiger partial charge in [-0.25, -0.2) is 9.78 Å². The zero-order valence-corrected chi connectivity index (χ0v) is 12.0. The molecule has 0 spiro atoms. The monoisotopic (exact) mass is 283 g/mol. The number of carbonyl (C=O) groups is 1. The molecule has 6 heteroatoms. The Morgan fingerprint density at radius 3 is 3.11 bits per heavy atom. The van der Waals surface area contributed by atoms with E-state index in [2.05, 4.69) is 15.6 Å². The van der Waals surface area contributed by atoms with Gasteiger partial charge in [-0.1, -0.05) is 6.92 Å². The SMILES string of the molecule is CC[C@H](NC(=O)NCCOCC1CC1)c1nccs1. The first-order chi connectivity index (χ1) is 9.29. The normalized spacial score (nSPS) is 16.1. The molecular formula is C13H21N3O2S. The first kappa shape index (κ1) is 14.3. The number of nitrogens with zero attached hydrogens (tertiary/aromatic N) is 1. The zero-order valence-electron chi connectivity index (χ0n) is 11.2. The number of hydrogen-bond donors (Lipinski definition) is 2. The number of hydrogen-bond acceptors (Lipinski definition) is 4. The number of amides is 2. The van der Waals surface area contributed by atoms with E-state index in [0.717, 1.165) is 24.0 Å². The minimum Gasteiger partial charge on any atom is -0.379 e. The second-order valence-corrected chi connectivity index (χ2v) is 5.68. The standard InChI is InChI=1S/C13H21N3O2S/c1-2-11(12-14-6-8-19-12)16-13(17)15-5-7-18-9-10-3-4-10/h6,8,10-11H,2-5,7,9H2,1H3,(H2,15,16,17)/t11-/m0/s1. The van der Waals surface area contributed by atoms with Gasteiger partial charge in [-0.15, -0.1) is 11.3 Å². The number of thiazole rings is 1. The van der Waals surface area contributed by atoms with E-state index in [4.69, 9.17) is 4.74 Å². The van der Waals surface area contributed by atoms with Crippen molar-refractivity contribution in [2.45, 2.75) is 32.2 Å². The molecule has 2 N–H and O–H groups in total. The van der Waals surface area contributed by atoms with E-state index >= 15 is 0 Å². The first-order valence-corrected chi connectivity index (χ1v) is 7.69. The van der Waals surface area contributed by atoms with Gasteiger partial charge in [-0.2, -0.15) is 0 Å². The van der Waals surface area contributed by atoms with Crippen LogP contribution in [0.3, 0.4) is 0 Å². The van der Waals surface area contributed by atoms with Gasteiger partial charge in [0, 0.05) is 24.7 Å². The van der Waals surface area contributed by atoms with Crippen molar-refractivity contribution in [1.82, 2.24) is 15.6 Å². The fourth-order valence-corrected chi connectivity index (χ4v) is 2.50. The Morgan fingerprint density at radius 2 is 2.47 bits per heavy atom. The summed E-state index contributed by atoms with van der Waals surface area (Å²) < 4.78 is 5.46. The minimum atomic E-state index is -0.155. The number of ether oxygens (including phenoxy) is 1. The summed E-state index contributed by atoms with van der Waals surface area (Å²) >= 11 is 1.56. The van der Waals surface area contributed by atoms with Gasteiger partial charge < -0.3 is 15.4 Å². The van der Waals surface area contributed by atoms with Gasteiger partial charge in [0.2, 0.25) is 0 Å². The van der Waals surface area contributed by atoms with Crippen LogP contribution in [0, 0.1) is 5.92 Å². The molecule has 1 heterocycles. The lowest BCUT2D eigenvalue weighted by molar-refractivity contribution is 0.126. The van der Waals surface area contributed by atoms with Crippen LogP contribution in [-0.2, 0) is 4.74 Å². The van der Waals surface area contributed by atoms with Crippen LogP contribution in [0.4, 0.5) is 4.79 Å². The molecule has 0 saturated heterocycles. The lowest BCUT2D eigenvalue weighted by atomic mass is 10.2. The molecule has 0 unspecified atom stereocenters. The predicted molar refractivity (Wildman–Crippen MR) is 75.2 cm³/mol. The summed E-state index contributed by atoms with van der Waals surface area (Å²) in [5.41, 5.74) is 0. The van der Waals surface area contributed by atoms with E-state index in [1.54, 1.807) is 17.5 Å². The topological polar surface area (TPSA) is 63.2 Å². The molecule has 1 aliphatic rings. The molecular weight excluding hydrogens is 262 g/mol. The molecule has 0 aromatic carbocycles. The Morgan fingerprint density at radius 1 is 1.63 bits per heavy atom. The van der Waals surface area contributed by atoms with Crippen LogP contribution in [0.2, 0.25) is 0 Å². The Balaban J connectivity index is 1.59. The van der Waals surface area contributed by atoms with Gasteiger partial charge in [0.1, 0.15) is 5.01 Å². The van der Waals surface area contributed by atoms with E-state index in [9.17, 15) is 4.79 Å². The van der Waals surface area contributed by atoms with E-state index in [0.29, 0.717) is 13.2 Å². The van der Waals surface area contributed by atoms with Crippen LogP contribution in [0.1, 0.15) is 37.2 Å². The number of rotatable bonds is 8. The maximum Gasteiger partial charge on any atom is 0.315 e. The largest absolute Gasteiger partial charge is 0.379 e. The molecule has 1 aliphatic carbocycles. The van der Waals surface area contributed by atoms with E-state index in [1.165, 1.54) is 12.8 Å². The molecule has 1 atom stereocenters. The third-order valence-corrected chi connectivity index (χ3v) is 3.93. The van der Waals surface area contributed by atoms with Gasteiger partial charge in [-0.05, 0) is 25.2 Å². The predicted octanol–water partition coefficient (Wildman–Crippen LogP) is 2.32. The second-order valence-electron chi connectivity index (χ2n) is 4.75. The zero-order chi connectivity index (χ0) is 13.5. The molecule has 0 aliphatic heterocycles. The molecule has 0 bridgehead atoms. The van der Waals surface area contributed by atoms with Crippen molar-refractivity contribution in [3.05, 3.63) is 16.6 Å². The second kappa shape index (κ2) is 7.45. The van der Waals surface area contributed by atoms with Crippen molar-refractivity contribution in [2.24, 2.45) is 5.92 Å². The number of aromatic nitrogens is 1. The number of nitrogens with one attached hydrogen (secondary N) is 2. The van der Waals surface area contributed by atoms with E-state index in [-0.39, 0.29) is 12.1 Å². The average molecular weight is 283 g/mol. The van der Waals surface area contributed by atoms with Crippen molar-refractivity contribution in [3.63, 3.8) is 0 Å². The Bertz CT molecular complexity index is 379. The highest BCUT2D eigenvalue weighted by Crippen LogP contribution is 2.28. The third-order valence-electron chi connectivity index (χ3n) is 3.05. The summed E-state index contributed by atoms with van der Waals surface area (Å²) in [6.45, 7) is 4.00. The maximum absolute atomic E-state index is 11.7. The van der Waals surface area contributed by atoms with Crippen molar-refractivity contribution in [1.29, 1.82) is 0 Å². The van der Waals surface area contributed by atoms with Gasteiger partial charge in [-0.3, -0.25) is 0 Å². The molecule has 19 heavy (non-hydrogen) atoms. The van der Waals surface area contributed by atoms with Gasteiger partial charge in [0.15, 0.2) is 0 Å². The van der Waals surface area contributed by atoms with Crippen LogP contribution in [-0.4, -0.2) is 30.8 Å². The fourth-order valence-electron chi connectivity index (χ4n) is 1.73. The summed E-state index contributed by atoms with van der Waals surface area (Å²) in [5, 5.41) is 8.60. The lowest BCUT2D eigenvalue weighted by Crippen LogP contribution is -2.39. The highest BCUT2D eigenvalue weighted by Gasteiger charge is 2.21. The molecule has 1 saturated carbocycles. The van der Waals surface area contributed by atoms with Gasteiger partial charge in [0.05, 0.1) is 12.6 Å². The minimum absolute atomic E-state index is 0.00705. The molecule has 5 nitrogen and oxygen atoms in total. The van der Waals surface area contributed by atoms with Crippen LogP contribution in [0.25, 0.3) is 0 Å². The highest BCUT2D eigenvalue weighted by atomic mass is 32.1. The number of urea groups is 1. The summed E-state index contributed by atoms with van der Waals surface area (Å²) in [7, 11) is 0. The summed E-state index contributed by atoms with van der Waals surface area (Å²) in [5.74, 6) is 0.767. The molecule has 1 aromatic heterocycles. The molecule has 1 fully saturated rings. The van der Waals surface area contributed by atoms with Crippen LogP contribution < -0.4 is 10.6 Å². The molecule has 106 valence electrons. The fraction of sp³-hybridized carbons (Fsp3) is 0.692. The molecule has 2 rings (SSSR count). The van der Waals surface area contributed by atoms with E-state index in [1.807, 2.05) is 12.3 Å². The van der Waals surface area contributed by atoms with Crippen LogP contribution in [0.15, 0.2) is 11.6 Å². The Kier molecular flexibility index (Phi) is 5.60.